The summed E-state index contributed by atoms with van der Waals surface area (Å²) in [6, 6.07) is 12.2. The van der Waals surface area contributed by atoms with Crippen LogP contribution in [0.1, 0.15) is 5.56 Å². The normalized spacial score (nSPS) is 11.6. The van der Waals surface area contributed by atoms with Crippen molar-refractivity contribution in [2.75, 3.05) is 0 Å². The number of halogens is 2. The van der Waals surface area contributed by atoms with Gasteiger partial charge in [-0.15, -0.1) is 0 Å². The molecule has 0 spiro atoms. The van der Waals surface area contributed by atoms with Crippen molar-refractivity contribution in [2.24, 2.45) is 10.9 Å². The van der Waals surface area contributed by atoms with E-state index in [9.17, 15) is 4.39 Å². The molecule has 0 radical (unpaired) electrons. The average molecular weight is 341 g/mol. The molecule has 0 saturated heterocycles. The topological polar surface area (TPSA) is 58.6 Å². The second-order valence-electron chi connectivity index (χ2n) is 3.65. The zero-order chi connectivity index (χ0) is 13.8. The van der Waals surface area contributed by atoms with Crippen LogP contribution in [0.25, 0.3) is 0 Å². The second-order valence-corrected chi connectivity index (χ2v) is 5.69. The van der Waals surface area contributed by atoms with Gasteiger partial charge >= 0.3 is 0 Å². The molecule has 0 bridgehead atoms. The zero-order valence-electron chi connectivity index (χ0n) is 9.68. The Balaban J connectivity index is 2.40. The van der Waals surface area contributed by atoms with Crippen LogP contribution in [0.4, 0.5) is 4.39 Å². The molecule has 0 saturated carbocycles. The standard InChI is InChI=1S/C13H10BrFN2OS/c14-8-4-6-9(7-5-8)19-11-3-1-2-10(15)12(11)13(16)17-18/h1-7,18H,(H2,16,17). The average Bonchev–Trinajstić information content (AvgIpc) is 2.41. The van der Waals surface area contributed by atoms with Crippen molar-refractivity contribution in [3.8, 4) is 0 Å². The fourth-order valence-corrected chi connectivity index (χ4v) is 2.76. The van der Waals surface area contributed by atoms with Crippen molar-refractivity contribution in [1.29, 1.82) is 0 Å². The molecule has 2 aromatic rings. The van der Waals surface area contributed by atoms with Gasteiger partial charge in [-0.25, -0.2) is 4.39 Å². The predicted molar refractivity (Wildman–Crippen MR) is 77.2 cm³/mol. The Hall–Kier alpha value is -1.53. The number of rotatable bonds is 3. The van der Waals surface area contributed by atoms with Gasteiger partial charge in [0.15, 0.2) is 5.84 Å². The molecule has 3 nitrogen and oxygen atoms in total. The molecule has 19 heavy (non-hydrogen) atoms. The summed E-state index contributed by atoms with van der Waals surface area (Å²) in [5.41, 5.74) is 5.62. The highest BCUT2D eigenvalue weighted by atomic mass is 79.9. The minimum Gasteiger partial charge on any atom is -0.409 e. The van der Waals surface area contributed by atoms with E-state index in [1.807, 2.05) is 24.3 Å². The van der Waals surface area contributed by atoms with Crippen LogP contribution < -0.4 is 5.73 Å². The molecular weight excluding hydrogens is 331 g/mol. The molecule has 0 heterocycles. The van der Waals surface area contributed by atoms with Gasteiger partial charge in [-0.2, -0.15) is 0 Å². The number of nitrogens with two attached hydrogens (primary N) is 1. The first-order valence-corrected chi connectivity index (χ1v) is 6.92. The minimum absolute atomic E-state index is 0.109. The maximum Gasteiger partial charge on any atom is 0.174 e. The monoisotopic (exact) mass is 340 g/mol. The first-order valence-electron chi connectivity index (χ1n) is 5.31. The maximum atomic E-state index is 13.8. The summed E-state index contributed by atoms with van der Waals surface area (Å²) in [5.74, 6) is -0.755. The van der Waals surface area contributed by atoms with E-state index >= 15 is 0 Å². The third-order valence-electron chi connectivity index (χ3n) is 2.38. The van der Waals surface area contributed by atoms with Crippen LogP contribution in [0.5, 0.6) is 0 Å². The van der Waals surface area contributed by atoms with Crippen LogP contribution in [0, 0.1) is 5.82 Å². The van der Waals surface area contributed by atoms with Crippen molar-refractivity contribution in [2.45, 2.75) is 9.79 Å². The molecule has 0 aliphatic heterocycles. The van der Waals surface area contributed by atoms with Crippen molar-refractivity contribution >= 4 is 33.5 Å². The van der Waals surface area contributed by atoms with Crippen molar-refractivity contribution in [3.05, 3.63) is 58.3 Å². The van der Waals surface area contributed by atoms with E-state index in [1.54, 1.807) is 12.1 Å². The Morgan fingerprint density at radius 2 is 1.89 bits per heavy atom. The van der Waals surface area contributed by atoms with Crippen LogP contribution in [-0.2, 0) is 0 Å². The minimum atomic E-state index is -0.516. The van der Waals surface area contributed by atoms with Gasteiger partial charge in [0.25, 0.3) is 0 Å². The van der Waals surface area contributed by atoms with E-state index in [1.165, 1.54) is 17.8 Å². The summed E-state index contributed by atoms with van der Waals surface area (Å²) < 4.78 is 14.7. The fourth-order valence-electron chi connectivity index (χ4n) is 1.52. The zero-order valence-corrected chi connectivity index (χ0v) is 12.1. The number of oxime groups is 1. The molecule has 0 aromatic heterocycles. The van der Waals surface area contributed by atoms with Crippen molar-refractivity contribution < 1.29 is 9.60 Å². The van der Waals surface area contributed by atoms with Gasteiger partial charge in [-0.05, 0) is 36.4 Å². The van der Waals surface area contributed by atoms with E-state index in [0.29, 0.717) is 4.90 Å². The summed E-state index contributed by atoms with van der Waals surface area (Å²) >= 11 is 4.70. The molecule has 0 amide bonds. The molecule has 0 atom stereocenters. The molecule has 2 rings (SSSR count). The number of benzene rings is 2. The second kappa shape index (κ2) is 6.08. The summed E-state index contributed by atoms with van der Waals surface area (Å²) in [6.07, 6.45) is 0. The molecule has 0 aliphatic carbocycles. The van der Waals surface area contributed by atoms with Gasteiger partial charge in [0.2, 0.25) is 0 Å². The molecule has 2 aromatic carbocycles. The van der Waals surface area contributed by atoms with Crippen LogP contribution in [0.15, 0.2) is 61.9 Å². The Bertz CT molecular complexity index is 617. The number of hydrogen-bond acceptors (Lipinski definition) is 3. The first kappa shape index (κ1) is 13.9. The Kier molecular flexibility index (Phi) is 4.44. The molecule has 3 N–H and O–H groups in total. The van der Waals surface area contributed by atoms with Gasteiger partial charge in [0.05, 0.1) is 5.56 Å². The van der Waals surface area contributed by atoms with E-state index < -0.39 is 5.82 Å². The van der Waals surface area contributed by atoms with E-state index in [0.717, 1.165) is 9.37 Å². The lowest BCUT2D eigenvalue weighted by atomic mass is 10.2. The summed E-state index contributed by atoms with van der Waals surface area (Å²) in [5, 5.41) is 11.6. The van der Waals surface area contributed by atoms with Crippen molar-refractivity contribution in [3.63, 3.8) is 0 Å². The highest BCUT2D eigenvalue weighted by Crippen LogP contribution is 2.32. The maximum absolute atomic E-state index is 13.8. The fraction of sp³-hybridized carbons (Fsp3) is 0. The van der Waals surface area contributed by atoms with Gasteiger partial charge in [0, 0.05) is 14.3 Å². The summed E-state index contributed by atoms with van der Waals surface area (Å²) in [6.45, 7) is 0. The van der Waals surface area contributed by atoms with E-state index in [-0.39, 0.29) is 11.4 Å². The largest absolute Gasteiger partial charge is 0.409 e. The molecule has 6 heteroatoms. The number of amidine groups is 1. The van der Waals surface area contributed by atoms with Gasteiger partial charge in [0.1, 0.15) is 5.82 Å². The van der Waals surface area contributed by atoms with E-state index in [2.05, 4.69) is 21.1 Å². The van der Waals surface area contributed by atoms with Crippen LogP contribution in [0.3, 0.4) is 0 Å². The molecule has 0 aliphatic rings. The predicted octanol–water partition coefficient (Wildman–Crippen LogP) is 3.83. The summed E-state index contributed by atoms with van der Waals surface area (Å²) in [7, 11) is 0. The lowest BCUT2D eigenvalue weighted by Gasteiger charge is -2.09. The molecule has 0 unspecified atom stereocenters. The SMILES string of the molecule is NC(=NO)c1c(F)cccc1Sc1ccc(Br)cc1. The van der Waals surface area contributed by atoms with Gasteiger partial charge < -0.3 is 10.9 Å². The van der Waals surface area contributed by atoms with Crippen LogP contribution in [0.2, 0.25) is 0 Å². The molecule has 98 valence electrons. The van der Waals surface area contributed by atoms with Crippen LogP contribution >= 0.6 is 27.7 Å². The third kappa shape index (κ3) is 3.27. The molecular formula is C13H10BrFN2OS. The first-order chi connectivity index (χ1) is 9.11. The Morgan fingerprint density at radius 3 is 2.53 bits per heavy atom. The van der Waals surface area contributed by atoms with Crippen LogP contribution in [-0.4, -0.2) is 11.0 Å². The van der Waals surface area contributed by atoms with Gasteiger partial charge in [-0.1, -0.05) is 38.9 Å². The lowest BCUT2D eigenvalue weighted by Crippen LogP contribution is -2.16. The lowest BCUT2D eigenvalue weighted by molar-refractivity contribution is 0.318. The smallest absolute Gasteiger partial charge is 0.174 e. The third-order valence-corrected chi connectivity index (χ3v) is 3.98. The van der Waals surface area contributed by atoms with E-state index in [4.69, 9.17) is 10.9 Å². The Morgan fingerprint density at radius 1 is 1.21 bits per heavy atom. The molecule has 0 fully saturated rings. The highest BCUT2D eigenvalue weighted by Gasteiger charge is 2.13. The Labute approximate surface area is 122 Å². The van der Waals surface area contributed by atoms with Crippen molar-refractivity contribution in [1.82, 2.24) is 0 Å². The highest BCUT2D eigenvalue weighted by molar-refractivity contribution is 9.10. The summed E-state index contributed by atoms with van der Waals surface area (Å²) in [4.78, 5) is 1.53. The van der Waals surface area contributed by atoms with Gasteiger partial charge in [-0.3, -0.25) is 0 Å². The number of nitrogens with zero attached hydrogens (tertiary/aromatic N) is 1. The quantitative estimate of drug-likeness (QED) is 0.386. The number of hydrogen-bond donors (Lipinski definition) is 2.